The van der Waals surface area contributed by atoms with Crippen LogP contribution in [-0.4, -0.2) is 3.21 Å². The van der Waals surface area contributed by atoms with Gasteiger partial charge in [0.2, 0.25) is 0 Å². The third kappa shape index (κ3) is 10.8. The summed E-state index contributed by atoms with van der Waals surface area (Å²) in [6, 6.07) is 25.8. The second-order valence-corrected chi connectivity index (χ2v) is 16.4. The molecule has 44 heavy (non-hydrogen) atoms. The summed E-state index contributed by atoms with van der Waals surface area (Å²) in [5, 5.41) is 0. The molecule has 0 heterocycles. The molecule has 0 saturated carbocycles. The van der Waals surface area contributed by atoms with Crippen LogP contribution >= 0.6 is 0 Å². The number of fused-ring (bicyclic) bond motifs is 3. The van der Waals surface area contributed by atoms with Gasteiger partial charge in [-0.05, 0) is 28.4 Å². The third-order valence-electron chi connectivity index (χ3n) is 8.01. The summed E-state index contributed by atoms with van der Waals surface area (Å²) in [5.41, 5.74) is 13.2. The summed E-state index contributed by atoms with van der Waals surface area (Å²) in [4.78, 5) is 0. The van der Waals surface area contributed by atoms with Crippen LogP contribution in [0.2, 0.25) is 0 Å². The molecule has 0 aliphatic heterocycles. The van der Waals surface area contributed by atoms with Crippen molar-refractivity contribution in [2.45, 2.75) is 107 Å². The van der Waals surface area contributed by atoms with Crippen molar-refractivity contribution in [3.63, 3.8) is 0 Å². The average Bonchev–Trinajstić information content (AvgIpc) is 3.46. The Bertz CT molecular complexity index is 1390. The zero-order valence-electron chi connectivity index (χ0n) is 29.1. The van der Waals surface area contributed by atoms with Gasteiger partial charge in [0.15, 0.2) is 0 Å². The van der Waals surface area contributed by atoms with Crippen LogP contribution in [0.5, 0.6) is 0 Å². The Labute approximate surface area is 297 Å². The maximum Gasteiger partial charge on any atom is -1.00 e. The number of hydrogen-bond acceptors (Lipinski definition) is 0. The number of allylic oxidation sites excluding steroid dienone is 4. The second-order valence-electron chi connectivity index (χ2n) is 14.9. The summed E-state index contributed by atoms with van der Waals surface area (Å²) in [5.74, 6) is 0.518. The van der Waals surface area contributed by atoms with E-state index in [2.05, 4.69) is 162 Å². The molecule has 0 saturated heterocycles. The molecule has 3 heteroatoms. The zero-order valence-corrected chi connectivity index (χ0v) is 33.1. The van der Waals surface area contributed by atoms with E-state index >= 15 is 0 Å². The van der Waals surface area contributed by atoms with E-state index < -0.39 is 0 Å². The van der Waals surface area contributed by atoms with Gasteiger partial charge in [-0.2, -0.15) is 35.4 Å². The molecule has 0 aromatic heterocycles. The van der Waals surface area contributed by atoms with E-state index in [1.165, 1.54) is 80.7 Å². The molecular weight excluding hydrogens is 655 g/mol. The van der Waals surface area contributed by atoms with Crippen molar-refractivity contribution in [2.75, 3.05) is 0 Å². The van der Waals surface area contributed by atoms with Crippen molar-refractivity contribution in [1.29, 1.82) is 0 Å². The minimum absolute atomic E-state index is 0. The molecule has 0 fully saturated rings. The maximum atomic E-state index is 3.67. The summed E-state index contributed by atoms with van der Waals surface area (Å²) in [7, 11) is 0. The second kappa shape index (κ2) is 16.3. The normalized spacial score (nSPS) is 15.1. The number of halogens is 2. The first-order chi connectivity index (χ1) is 19.4. The minimum atomic E-state index is 0. The predicted molar refractivity (Wildman–Crippen MR) is 181 cm³/mol. The van der Waals surface area contributed by atoms with Gasteiger partial charge in [0.1, 0.15) is 0 Å². The van der Waals surface area contributed by atoms with Crippen LogP contribution in [0.15, 0.2) is 77.9 Å². The number of benzene rings is 3. The van der Waals surface area contributed by atoms with E-state index in [-0.39, 0.29) is 35.6 Å². The first-order valence-electron chi connectivity index (χ1n) is 15.6. The van der Waals surface area contributed by atoms with E-state index in [4.69, 9.17) is 0 Å². The molecule has 0 bridgehead atoms. The van der Waals surface area contributed by atoms with Crippen LogP contribution in [0.3, 0.4) is 0 Å². The fourth-order valence-electron chi connectivity index (χ4n) is 5.52. The van der Waals surface area contributed by atoms with Gasteiger partial charge in [-0.1, -0.05) is 111 Å². The molecule has 2 aliphatic carbocycles. The molecule has 0 amide bonds. The monoisotopic (exact) mass is 704 g/mol. The van der Waals surface area contributed by atoms with E-state index in [0.29, 0.717) is 11.3 Å². The van der Waals surface area contributed by atoms with Crippen molar-refractivity contribution in [2.24, 2.45) is 11.3 Å². The Morgan fingerprint density at radius 1 is 0.795 bits per heavy atom. The van der Waals surface area contributed by atoms with Crippen molar-refractivity contribution < 1.29 is 49.0 Å². The van der Waals surface area contributed by atoms with Gasteiger partial charge in [-0.25, -0.2) is 5.57 Å². The number of rotatable bonds is 2. The fraction of sp³-hybridized carbons (Fsp3) is 0.439. The molecule has 3 aromatic rings. The van der Waals surface area contributed by atoms with Crippen LogP contribution in [0.1, 0.15) is 117 Å². The standard InChI is InChI=1S/C21H25.C11H17.C9H10.2ClH.Zr/c1-20(2,3)16-7-9-18-14(12-16)11-15-13-17(21(4,5)6)8-10-19(15)18;1-8-6-9(2)10(7-8)11(3,4)5;1-2-6-9-7-4-3-5-8-9;;;/h7-10,12H,11H2,1-6H3;7-8H,1-5H3;3-5,7-8H,2H2,1H3;2*1H;/q2*-1;;;;+2/p-2. The Kier molecular flexibility index (Phi) is 15.0. The minimum Gasteiger partial charge on any atom is -1.00 e. The first-order valence-corrected chi connectivity index (χ1v) is 16.8. The van der Waals surface area contributed by atoms with Crippen molar-refractivity contribution in [3.8, 4) is 11.1 Å². The van der Waals surface area contributed by atoms with Crippen LogP contribution in [-0.2, 0) is 41.5 Å². The first kappa shape index (κ1) is 40.5. The van der Waals surface area contributed by atoms with Gasteiger partial charge in [0, 0.05) is 0 Å². The molecule has 0 spiro atoms. The summed E-state index contributed by atoms with van der Waals surface area (Å²) in [6.07, 6.45) is 7.92. The summed E-state index contributed by atoms with van der Waals surface area (Å²) in [6.45, 7) is 26.9. The molecule has 5 rings (SSSR count). The molecular formula is C41H52Cl2Zr-2. The molecule has 2 aliphatic rings. The third-order valence-corrected chi connectivity index (χ3v) is 9.59. The van der Waals surface area contributed by atoms with Crippen LogP contribution < -0.4 is 24.8 Å². The van der Waals surface area contributed by atoms with Crippen LogP contribution in [0.25, 0.3) is 11.1 Å². The van der Waals surface area contributed by atoms with Crippen LogP contribution in [0.4, 0.5) is 0 Å². The summed E-state index contributed by atoms with van der Waals surface area (Å²) < 4.78 is 1.55. The molecule has 0 nitrogen and oxygen atoms in total. The fourth-order valence-corrected chi connectivity index (χ4v) is 5.93. The van der Waals surface area contributed by atoms with Gasteiger partial charge in [-0.15, -0.1) is 11.1 Å². The Balaban J connectivity index is 0.000000358. The topological polar surface area (TPSA) is 0 Å². The van der Waals surface area contributed by atoms with E-state index in [0.717, 1.165) is 6.42 Å². The largest absolute Gasteiger partial charge is 1.00 e. The average molecular weight is 707 g/mol. The van der Waals surface area contributed by atoms with Gasteiger partial charge in [0.25, 0.3) is 0 Å². The SMILES string of the molecule is CC(C)(C)c1[c-]c2c(cc1)-c1ccc(C(C)(C)C)cc1C2.CC1=[C-]C(C)C=C1C(C)(C)C.CC[C](=[Zr+2])c1ccccc1.[Cl-].[Cl-]. The van der Waals surface area contributed by atoms with Gasteiger partial charge < -0.3 is 24.8 Å². The Morgan fingerprint density at radius 3 is 1.84 bits per heavy atom. The Morgan fingerprint density at radius 2 is 1.39 bits per heavy atom. The van der Waals surface area contributed by atoms with Gasteiger partial charge in [0.05, 0.1) is 0 Å². The zero-order chi connectivity index (χ0) is 31.5. The molecule has 3 aromatic carbocycles. The molecule has 236 valence electrons. The van der Waals surface area contributed by atoms with E-state index in [1.807, 2.05) is 0 Å². The summed E-state index contributed by atoms with van der Waals surface area (Å²) >= 11 is 1.54. The van der Waals surface area contributed by atoms with E-state index in [9.17, 15) is 0 Å². The maximum absolute atomic E-state index is 3.67. The molecule has 0 radical (unpaired) electrons. The van der Waals surface area contributed by atoms with Crippen molar-refractivity contribution in [3.05, 3.63) is 118 Å². The van der Waals surface area contributed by atoms with Crippen molar-refractivity contribution >= 4 is 3.21 Å². The van der Waals surface area contributed by atoms with Gasteiger partial charge in [-0.3, -0.25) is 6.08 Å². The Hall–Kier alpha value is -1.53. The van der Waals surface area contributed by atoms with Crippen molar-refractivity contribution in [1.82, 2.24) is 0 Å². The van der Waals surface area contributed by atoms with Gasteiger partial charge >= 0.3 is 76.7 Å². The number of hydrogen-bond donors (Lipinski definition) is 0. The smallest absolute Gasteiger partial charge is 1.00 e. The quantitative estimate of drug-likeness (QED) is 0.252. The molecule has 1 atom stereocenters. The van der Waals surface area contributed by atoms with E-state index in [1.54, 1.807) is 3.21 Å². The predicted octanol–water partition coefficient (Wildman–Crippen LogP) is 5.18. The molecule has 0 N–H and O–H groups in total. The molecule has 1 unspecified atom stereocenters. The van der Waals surface area contributed by atoms with Crippen LogP contribution in [0, 0.1) is 23.5 Å².